The highest BCUT2D eigenvalue weighted by molar-refractivity contribution is 7.80. The van der Waals surface area contributed by atoms with Crippen molar-refractivity contribution in [3.63, 3.8) is 0 Å². The van der Waals surface area contributed by atoms with Gasteiger partial charge in [-0.2, -0.15) is 0 Å². The van der Waals surface area contributed by atoms with Crippen molar-refractivity contribution in [3.8, 4) is 0 Å². The monoisotopic (exact) mass is 418 g/mol. The fourth-order valence-electron chi connectivity index (χ4n) is 3.24. The molecule has 1 aromatic carbocycles. The van der Waals surface area contributed by atoms with Gasteiger partial charge in [0.05, 0.1) is 30.1 Å². The van der Waals surface area contributed by atoms with Gasteiger partial charge >= 0.3 is 5.97 Å². The number of thiocarbonyl (C=S) groups is 1. The third-order valence-corrected chi connectivity index (χ3v) is 6.05. The first-order chi connectivity index (χ1) is 13.5. The van der Waals surface area contributed by atoms with Gasteiger partial charge in [-0.3, -0.25) is 10.1 Å². The summed E-state index contributed by atoms with van der Waals surface area (Å²) in [5, 5.41) is 6.53. The fraction of sp³-hybridized carbons (Fsp3) is 0.350. The number of amides is 1. The number of thiophene rings is 1. The van der Waals surface area contributed by atoms with E-state index >= 15 is 0 Å². The molecule has 0 spiro atoms. The molecule has 0 radical (unpaired) electrons. The predicted octanol–water partition coefficient (Wildman–Crippen LogP) is 2.01. The zero-order valence-electron chi connectivity index (χ0n) is 16.0. The number of quaternary nitrogens is 1. The van der Waals surface area contributed by atoms with Crippen molar-refractivity contribution < 1.29 is 19.2 Å². The quantitative estimate of drug-likeness (QED) is 0.512. The van der Waals surface area contributed by atoms with Crippen LogP contribution in [0.4, 0.5) is 5.00 Å². The number of fused-ring (bicyclic) bond motifs is 1. The summed E-state index contributed by atoms with van der Waals surface area (Å²) in [6.07, 6.45) is 0.827. The summed E-state index contributed by atoms with van der Waals surface area (Å²) in [7, 11) is 0. The average Bonchev–Trinajstić information content (AvgIpc) is 3.05. The molecule has 1 atom stereocenters. The molecule has 6 nitrogen and oxygen atoms in total. The molecule has 0 bridgehead atoms. The van der Waals surface area contributed by atoms with Crippen LogP contribution < -0.4 is 15.5 Å². The minimum Gasteiger partial charge on any atom is -0.462 e. The normalized spacial score (nSPS) is 15.4. The molecule has 1 unspecified atom stereocenters. The molecule has 0 saturated carbocycles. The topological polar surface area (TPSA) is 71.9 Å². The molecule has 2 aromatic rings. The Kier molecular flexibility index (Phi) is 6.77. The molecule has 28 heavy (non-hydrogen) atoms. The van der Waals surface area contributed by atoms with E-state index in [4.69, 9.17) is 17.0 Å². The number of carbonyl (C=O) groups excluding carboxylic acids is 2. The zero-order valence-corrected chi connectivity index (χ0v) is 17.6. The number of carbonyl (C=O) groups is 2. The highest BCUT2D eigenvalue weighted by Gasteiger charge is 2.30. The SMILES string of the molecule is CCOC(=O)c1c(NC(=S)NC(=O)c2ccccc2)sc2c1CC[NH+](CC)C2. The second kappa shape index (κ2) is 9.27. The van der Waals surface area contributed by atoms with Crippen LogP contribution >= 0.6 is 23.6 Å². The molecule has 1 aliphatic heterocycles. The third kappa shape index (κ3) is 4.57. The van der Waals surface area contributed by atoms with Gasteiger partial charge in [0, 0.05) is 12.0 Å². The number of hydrogen-bond acceptors (Lipinski definition) is 5. The molecular weight excluding hydrogens is 394 g/mol. The lowest BCUT2D eigenvalue weighted by Crippen LogP contribution is -3.11. The summed E-state index contributed by atoms with van der Waals surface area (Å²) in [6.45, 7) is 7.17. The summed E-state index contributed by atoms with van der Waals surface area (Å²) in [4.78, 5) is 27.5. The maximum atomic E-state index is 12.6. The lowest BCUT2D eigenvalue weighted by molar-refractivity contribution is -0.913. The Morgan fingerprint density at radius 1 is 1.25 bits per heavy atom. The second-order valence-electron chi connectivity index (χ2n) is 6.48. The van der Waals surface area contributed by atoms with Crippen LogP contribution in [0.25, 0.3) is 0 Å². The predicted molar refractivity (Wildman–Crippen MR) is 114 cm³/mol. The number of likely N-dealkylation sites (N-methyl/N-ethyl adjacent to an activating group) is 1. The molecule has 3 N–H and O–H groups in total. The standard InChI is InChI=1S/C20H23N3O3S2/c1-3-23-11-10-14-15(12-23)28-18(16(14)19(25)26-4-2)22-20(27)21-17(24)13-8-6-5-7-9-13/h5-9H,3-4,10-12H2,1-2H3,(H2,21,22,24,27)/p+1. The second-order valence-corrected chi connectivity index (χ2v) is 8.00. The van der Waals surface area contributed by atoms with Gasteiger partial charge in [-0.15, -0.1) is 11.3 Å². The lowest BCUT2D eigenvalue weighted by atomic mass is 10.0. The Bertz CT molecular complexity index is 880. The van der Waals surface area contributed by atoms with Crippen LogP contribution in [-0.2, 0) is 17.7 Å². The summed E-state index contributed by atoms with van der Waals surface area (Å²) in [6, 6.07) is 8.86. The lowest BCUT2D eigenvalue weighted by Gasteiger charge is -2.22. The molecule has 0 aliphatic carbocycles. The van der Waals surface area contributed by atoms with Crippen LogP contribution in [0, 0.1) is 0 Å². The number of rotatable bonds is 5. The van der Waals surface area contributed by atoms with Crippen LogP contribution in [-0.4, -0.2) is 36.7 Å². The molecular formula is C20H24N3O3S2+. The Hall–Kier alpha value is -2.29. The van der Waals surface area contributed by atoms with Crippen LogP contribution in [0.15, 0.2) is 30.3 Å². The maximum absolute atomic E-state index is 12.6. The van der Waals surface area contributed by atoms with Crippen molar-refractivity contribution in [2.75, 3.05) is 25.0 Å². The van der Waals surface area contributed by atoms with Gasteiger partial charge in [-0.25, -0.2) is 4.79 Å². The summed E-state index contributed by atoms with van der Waals surface area (Å²) >= 11 is 6.83. The van der Waals surface area contributed by atoms with Crippen molar-refractivity contribution in [3.05, 3.63) is 51.9 Å². The number of esters is 1. The molecule has 1 aliphatic rings. The van der Waals surface area contributed by atoms with E-state index < -0.39 is 0 Å². The Labute approximate surface area is 173 Å². The van der Waals surface area contributed by atoms with E-state index in [2.05, 4.69) is 17.6 Å². The number of hydrogen-bond donors (Lipinski definition) is 3. The van der Waals surface area contributed by atoms with E-state index in [0.29, 0.717) is 22.7 Å². The van der Waals surface area contributed by atoms with Crippen molar-refractivity contribution in [2.24, 2.45) is 0 Å². The number of anilines is 1. The van der Waals surface area contributed by atoms with Crippen molar-refractivity contribution in [1.82, 2.24) is 5.32 Å². The molecule has 3 rings (SSSR count). The Balaban J connectivity index is 1.80. The van der Waals surface area contributed by atoms with Gasteiger partial charge < -0.3 is 15.0 Å². The molecule has 0 fully saturated rings. The highest BCUT2D eigenvalue weighted by atomic mass is 32.1. The molecule has 1 aromatic heterocycles. The van der Waals surface area contributed by atoms with Gasteiger partial charge in [0.2, 0.25) is 0 Å². The van der Waals surface area contributed by atoms with E-state index in [9.17, 15) is 9.59 Å². The Morgan fingerprint density at radius 2 is 2.00 bits per heavy atom. The zero-order chi connectivity index (χ0) is 20.1. The molecule has 1 amide bonds. The molecule has 8 heteroatoms. The number of ether oxygens (including phenoxy) is 1. The first-order valence-corrected chi connectivity index (χ1v) is 10.6. The highest BCUT2D eigenvalue weighted by Crippen LogP contribution is 2.35. The van der Waals surface area contributed by atoms with E-state index in [-0.39, 0.29) is 17.0 Å². The van der Waals surface area contributed by atoms with Gasteiger partial charge in [-0.05, 0) is 43.8 Å². The third-order valence-electron chi connectivity index (χ3n) is 4.70. The summed E-state index contributed by atoms with van der Waals surface area (Å²) in [5.41, 5.74) is 2.11. The van der Waals surface area contributed by atoms with Crippen LogP contribution in [0.5, 0.6) is 0 Å². The Morgan fingerprint density at radius 3 is 2.68 bits per heavy atom. The van der Waals surface area contributed by atoms with E-state index in [0.717, 1.165) is 31.6 Å². The molecule has 0 saturated heterocycles. The van der Waals surface area contributed by atoms with Gasteiger partial charge in [-0.1, -0.05) is 18.2 Å². The van der Waals surface area contributed by atoms with Crippen LogP contribution in [0.1, 0.15) is 45.0 Å². The minimum absolute atomic E-state index is 0.165. The van der Waals surface area contributed by atoms with Crippen LogP contribution in [0.3, 0.4) is 0 Å². The number of benzene rings is 1. The summed E-state index contributed by atoms with van der Waals surface area (Å²) in [5.74, 6) is -0.640. The largest absolute Gasteiger partial charge is 0.462 e. The molecule has 2 heterocycles. The fourth-order valence-corrected chi connectivity index (χ4v) is 4.82. The first kappa shape index (κ1) is 20.4. The average molecular weight is 419 g/mol. The maximum Gasteiger partial charge on any atom is 0.341 e. The summed E-state index contributed by atoms with van der Waals surface area (Å²) < 4.78 is 5.27. The van der Waals surface area contributed by atoms with Crippen molar-refractivity contribution >= 4 is 45.5 Å². The van der Waals surface area contributed by atoms with Gasteiger partial charge in [0.25, 0.3) is 5.91 Å². The smallest absolute Gasteiger partial charge is 0.341 e. The van der Waals surface area contributed by atoms with Gasteiger partial charge in [0.15, 0.2) is 5.11 Å². The van der Waals surface area contributed by atoms with Crippen molar-refractivity contribution in [1.29, 1.82) is 0 Å². The number of nitrogens with one attached hydrogen (secondary N) is 3. The minimum atomic E-state index is -0.348. The van der Waals surface area contributed by atoms with Gasteiger partial charge in [0.1, 0.15) is 11.5 Å². The van der Waals surface area contributed by atoms with Crippen LogP contribution in [0.2, 0.25) is 0 Å². The molecule has 148 valence electrons. The van der Waals surface area contributed by atoms with E-state index in [1.807, 2.05) is 6.07 Å². The first-order valence-electron chi connectivity index (χ1n) is 9.36. The van der Waals surface area contributed by atoms with E-state index in [1.165, 1.54) is 21.1 Å². The van der Waals surface area contributed by atoms with E-state index in [1.54, 1.807) is 31.2 Å². The van der Waals surface area contributed by atoms with Crippen molar-refractivity contribution in [2.45, 2.75) is 26.8 Å².